The van der Waals surface area contributed by atoms with Crippen LogP contribution in [0.3, 0.4) is 0 Å². The quantitative estimate of drug-likeness (QED) is 0.378. The monoisotopic (exact) mass is 343 g/mol. The van der Waals surface area contributed by atoms with Gasteiger partial charge in [-0.2, -0.15) is 0 Å². The second-order valence-corrected chi connectivity index (χ2v) is 0. The van der Waals surface area contributed by atoms with Crippen LogP contribution in [0.25, 0.3) is 0 Å². The fraction of sp³-hybridized carbons (Fsp3) is 0. The third-order valence-corrected chi connectivity index (χ3v) is 0. The Hall–Kier alpha value is 2.08. The van der Waals surface area contributed by atoms with Crippen LogP contribution in [-0.4, -0.2) is 32.9 Å². The van der Waals surface area contributed by atoms with Crippen LogP contribution >= 0.6 is 0 Å². The van der Waals surface area contributed by atoms with Crippen LogP contribution in [0, 0.1) is 0 Å². The second kappa shape index (κ2) is 137. The average Bonchev–Trinajstić information content (AvgIpc) is 0. The third-order valence-electron chi connectivity index (χ3n) is 0. The molecule has 0 fully saturated rings. The predicted molar refractivity (Wildman–Crippen MR) is 22.8 cm³/mol. The molecule has 0 spiro atoms. The molecule has 8 heteroatoms. The van der Waals surface area contributed by atoms with Crippen LogP contribution < -0.4 is 51.4 Å². The molecule has 12 N–H and O–H groups in total. The standard InChI is InChI=1S/K.6H2O.Pt.H/h;6*1H2;;/q+1;;;;;;;;-1. The van der Waals surface area contributed by atoms with Gasteiger partial charge in [-0.15, -0.1) is 0 Å². The molecule has 0 aromatic heterocycles. The summed E-state index contributed by atoms with van der Waals surface area (Å²) in [5.41, 5.74) is 0. The fourth-order valence-electron chi connectivity index (χ4n) is 0. The summed E-state index contributed by atoms with van der Waals surface area (Å²) in [6, 6.07) is 0. The maximum Gasteiger partial charge on any atom is 1.00 e. The van der Waals surface area contributed by atoms with E-state index in [9.17, 15) is 0 Å². The summed E-state index contributed by atoms with van der Waals surface area (Å²) < 4.78 is 0. The summed E-state index contributed by atoms with van der Waals surface area (Å²) in [5, 5.41) is 0. The minimum absolute atomic E-state index is 0. The van der Waals surface area contributed by atoms with E-state index in [0.29, 0.717) is 0 Å². The van der Waals surface area contributed by atoms with E-state index in [2.05, 4.69) is 0 Å². The molecule has 0 aromatic rings. The van der Waals surface area contributed by atoms with Crippen molar-refractivity contribution in [2.75, 3.05) is 0 Å². The summed E-state index contributed by atoms with van der Waals surface area (Å²) in [6.45, 7) is 0. The zero-order chi connectivity index (χ0) is 0. The van der Waals surface area contributed by atoms with Crippen LogP contribution in [0.4, 0.5) is 0 Å². The van der Waals surface area contributed by atoms with Gasteiger partial charge in [0.1, 0.15) is 0 Å². The summed E-state index contributed by atoms with van der Waals surface area (Å²) in [7, 11) is 0. The first-order chi connectivity index (χ1) is 0. The second-order valence-electron chi connectivity index (χ2n) is 0. The first-order valence-corrected chi connectivity index (χ1v) is 0. The van der Waals surface area contributed by atoms with Gasteiger partial charge in [-0.05, 0) is 0 Å². The molecule has 0 aliphatic carbocycles. The molecule has 0 saturated heterocycles. The van der Waals surface area contributed by atoms with E-state index in [1.807, 2.05) is 0 Å². The van der Waals surface area contributed by atoms with Gasteiger partial charge in [-0.25, -0.2) is 0 Å². The SMILES string of the molecule is O.O.O.O.O.O.[H-].[K+].[Pt]. The van der Waals surface area contributed by atoms with Crippen molar-refractivity contribution in [1.29, 1.82) is 0 Å². The first-order valence-electron chi connectivity index (χ1n) is 0. The molecule has 6 nitrogen and oxygen atoms in total. The van der Waals surface area contributed by atoms with Crippen molar-refractivity contribution in [3.8, 4) is 0 Å². The van der Waals surface area contributed by atoms with Crippen LogP contribution in [0.2, 0.25) is 0 Å². The first kappa shape index (κ1) is 192. The molecular weight excluding hydrogens is 330 g/mol. The smallest absolute Gasteiger partial charge is 1.00 e. The number of hydrogen-bond acceptors (Lipinski definition) is 0. The van der Waals surface area contributed by atoms with E-state index in [0.717, 1.165) is 0 Å². The Morgan fingerprint density at radius 1 is 0.500 bits per heavy atom. The Bertz CT molecular complexity index is 13.0. The minimum atomic E-state index is 0. The largest absolute Gasteiger partial charge is 1.00 e. The van der Waals surface area contributed by atoms with Gasteiger partial charge in [0, 0.05) is 21.1 Å². The topological polar surface area (TPSA) is 189 Å². The predicted octanol–water partition coefficient (Wildman–Crippen LogP) is -7.83. The van der Waals surface area contributed by atoms with E-state index in [4.69, 9.17) is 0 Å². The Labute approximate surface area is 105 Å². The van der Waals surface area contributed by atoms with E-state index >= 15 is 0 Å². The van der Waals surface area contributed by atoms with Crippen molar-refractivity contribution in [2.24, 2.45) is 0 Å². The molecule has 0 rings (SSSR count). The van der Waals surface area contributed by atoms with Crippen LogP contribution in [0.5, 0.6) is 0 Å². The normalized spacial score (nSPS) is 0. The third kappa shape index (κ3) is 93.4. The van der Waals surface area contributed by atoms with Gasteiger partial charge in [0.05, 0.1) is 0 Å². The van der Waals surface area contributed by atoms with Gasteiger partial charge >= 0.3 is 51.4 Å². The Kier molecular flexibility index (Phi) is 3270. The van der Waals surface area contributed by atoms with Crippen molar-refractivity contribution in [3.63, 3.8) is 0 Å². The van der Waals surface area contributed by atoms with Gasteiger partial charge in [-0.3, -0.25) is 0 Å². The number of hydrogen-bond donors (Lipinski definition) is 0. The van der Waals surface area contributed by atoms with E-state index in [1.54, 1.807) is 0 Å². The molecule has 0 radical (unpaired) electrons. The van der Waals surface area contributed by atoms with Crippen molar-refractivity contribution in [2.45, 2.75) is 0 Å². The van der Waals surface area contributed by atoms with Crippen molar-refractivity contribution in [3.05, 3.63) is 0 Å². The summed E-state index contributed by atoms with van der Waals surface area (Å²) >= 11 is 0. The maximum atomic E-state index is 0. The van der Waals surface area contributed by atoms with Gasteiger partial charge < -0.3 is 34.3 Å². The zero-order valence-corrected chi connectivity index (χ0v) is 9.71. The molecule has 0 heterocycles. The Morgan fingerprint density at radius 3 is 0.500 bits per heavy atom. The fourth-order valence-corrected chi connectivity index (χ4v) is 0. The van der Waals surface area contributed by atoms with Crippen LogP contribution in [-0.2, 0) is 21.1 Å². The van der Waals surface area contributed by atoms with Crippen molar-refractivity contribution < 1.29 is 107 Å². The van der Waals surface area contributed by atoms with Crippen molar-refractivity contribution >= 4 is 0 Å². The zero-order valence-electron chi connectivity index (χ0n) is 5.32. The minimum Gasteiger partial charge on any atom is -1.00 e. The maximum absolute atomic E-state index is 0. The molecular formula is H13KO6Pt. The van der Waals surface area contributed by atoms with Gasteiger partial charge in [0.2, 0.25) is 0 Å². The molecule has 0 atom stereocenters. The molecule has 60 valence electrons. The average molecular weight is 343 g/mol. The molecule has 0 bridgehead atoms. The van der Waals surface area contributed by atoms with Gasteiger partial charge in [-0.1, -0.05) is 0 Å². The van der Waals surface area contributed by atoms with Crippen LogP contribution in [0.15, 0.2) is 0 Å². The molecule has 0 aliphatic heterocycles. The molecule has 8 heavy (non-hydrogen) atoms. The van der Waals surface area contributed by atoms with Gasteiger partial charge in [0.25, 0.3) is 0 Å². The number of rotatable bonds is 0. The Morgan fingerprint density at radius 2 is 0.500 bits per heavy atom. The van der Waals surface area contributed by atoms with E-state index in [-0.39, 0.29) is 107 Å². The molecule has 0 aromatic carbocycles. The Balaban J connectivity index is 0. The summed E-state index contributed by atoms with van der Waals surface area (Å²) in [4.78, 5) is 0. The molecule has 0 unspecified atom stereocenters. The van der Waals surface area contributed by atoms with Crippen LogP contribution in [0.1, 0.15) is 1.43 Å². The van der Waals surface area contributed by atoms with E-state index in [1.165, 1.54) is 0 Å². The van der Waals surface area contributed by atoms with Gasteiger partial charge in [0.15, 0.2) is 0 Å². The van der Waals surface area contributed by atoms with E-state index < -0.39 is 0 Å². The summed E-state index contributed by atoms with van der Waals surface area (Å²) in [6.07, 6.45) is 0. The molecule has 0 amide bonds. The molecule has 0 aliphatic rings. The van der Waals surface area contributed by atoms with Crippen molar-refractivity contribution in [1.82, 2.24) is 0 Å². The summed E-state index contributed by atoms with van der Waals surface area (Å²) in [5.74, 6) is 0. The molecule has 0 saturated carbocycles.